The molecule has 1 unspecified atom stereocenters. The minimum Gasteiger partial charge on any atom is -0.494 e. The number of carbonyl (C=O) groups excluding carboxylic acids is 1. The first-order valence-electron chi connectivity index (χ1n) is 8.16. The average Bonchev–Trinajstić information content (AvgIpc) is 2.47. The zero-order chi connectivity index (χ0) is 15.9. The molecule has 0 saturated heterocycles. The molecule has 0 amide bonds. The van der Waals surface area contributed by atoms with Gasteiger partial charge < -0.3 is 4.74 Å². The maximum atomic E-state index is 11.8. The molecule has 2 nitrogen and oxygen atoms in total. The molecule has 0 heterocycles. The van der Waals surface area contributed by atoms with Crippen LogP contribution in [-0.4, -0.2) is 12.4 Å². The van der Waals surface area contributed by atoms with E-state index in [-0.39, 0.29) is 5.78 Å². The predicted molar refractivity (Wildman–Crippen MR) is 92.4 cm³/mol. The molecule has 1 aromatic carbocycles. The highest BCUT2D eigenvalue weighted by Gasteiger charge is 2.13. The number of rotatable bonds is 7. The highest BCUT2D eigenvalue weighted by atomic mass is 16.5. The largest absolute Gasteiger partial charge is 0.494 e. The Kier molecular flexibility index (Phi) is 6.00. The van der Waals surface area contributed by atoms with Crippen molar-refractivity contribution in [2.75, 3.05) is 6.61 Å². The van der Waals surface area contributed by atoms with Crippen LogP contribution in [0.1, 0.15) is 62.4 Å². The van der Waals surface area contributed by atoms with Crippen molar-refractivity contribution in [3.63, 3.8) is 0 Å². The molecule has 0 bridgehead atoms. The second kappa shape index (κ2) is 7.98. The first kappa shape index (κ1) is 16.5. The van der Waals surface area contributed by atoms with E-state index in [0.29, 0.717) is 12.3 Å². The highest BCUT2D eigenvalue weighted by Crippen LogP contribution is 2.24. The Hall–Kier alpha value is -1.83. The van der Waals surface area contributed by atoms with Crippen LogP contribution in [0.25, 0.3) is 6.08 Å². The second-order valence-corrected chi connectivity index (χ2v) is 6.38. The number of allylic oxidation sites excluding steroid dienone is 3. The maximum absolute atomic E-state index is 11.8. The van der Waals surface area contributed by atoms with Gasteiger partial charge >= 0.3 is 0 Å². The molecule has 0 spiro atoms. The van der Waals surface area contributed by atoms with Crippen molar-refractivity contribution in [1.82, 2.24) is 0 Å². The summed E-state index contributed by atoms with van der Waals surface area (Å²) in [5.41, 5.74) is 3.18. The van der Waals surface area contributed by atoms with Crippen molar-refractivity contribution in [3.05, 3.63) is 47.1 Å². The van der Waals surface area contributed by atoms with E-state index >= 15 is 0 Å². The first-order chi connectivity index (χ1) is 10.6. The van der Waals surface area contributed by atoms with Gasteiger partial charge in [-0.25, -0.2) is 0 Å². The fraction of sp³-hybridized carbons (Fsp3) is 0.450. The lowest BCUT2D eigenvalue weighted by molar-refractivity contribution is 0.0994. The summed E-state index contributed by atoms with van der Waals surface area (Å²) in [6.07, 6.45) is 10.1. The molecule has 0 saturated carbocycles. The lowest BCUT2D eigenvalue weighted by Gasteiger charge is -2.14. The number of Topliss-reactive ketones (excluding diaryl/α,β-unsaturated/α-hetero) is 1. The van der Waals surface area contributed by atoms with E-state index in [0.717, 1.165) is 36.3 Å². The Morgan fingerprint density at radius 3 is 2.91 bits per heavy atom. The third-order valence-corrected chi connectivity index (χ3v) is 4.02. The molecular weight excluding hydrogens is 272 g/mol. The van der Waals surface area contributed by atoms with E-state index in [1.54, 1.807) is 0 Å². The summed E-state index contributed by atoms with van der Waals surface area (Å²) >= 11 is 0. The van der Waals surface area contributed by atoms with Crippen LogP contribution in [-0.2, 0) is 0 Å². The lowest BCUT2D eigenvalue weighted by Crippen LogP contribution is -2.06. The van der Waals surface area contributed by atoms with Crippen LogP contribution in [0.4, 0.5) is 0 Å². The molecule has 1 aromatic rings. The van der Waals surface area contributed by atoms with Gasteiger partial charge in [0.05, 0.1) is 6.61 Å². The normalized spacial score (nSPS) is 14.4. The third kappa shape index (κ3) is 4.87. The van der Waals surface area contributed by atoms with Gasteiger partial charge in [0.2, 0.25) is 0 Å². The summed E-state index contributed by atoms with van der Waals surface area (Å²) in [5, 5.41) is 0. The Balaban J connectivity index is 1.79. The van der Waals surface area contributed by atoms with Gasteiger partial charge in [0.1, 0.15) is 5.75 Å². The van der Waals surface area contributed by atoms with Crippen molar-refractivity contribution >= 4 is 11.9 Å². The molecule has 22 heavy (non-hydrogen) atoms. The summed E-state index contributed by atoms with van der Waals surface area (Å²) in [6.45, 7) is 7.29. The number of carbonyl (C=O) groups is 1. The molecule has 118 valence electrons. The van der Waals surface area contributed by atoms with Crippen molar-refractivity contribution in [1.29, 1.82) is 0 Å². The molecule has 1 atom stereocenters. The standard InChI is InChI=1S/C20H26O2/c1-15(2)6-4-7-16(3)12-13-22-18-10-11-19-17(14-18)8-5-9-20(19)21/h5-6,8,10-11,14,16H,4,7,9,12-13H2,1-3H3. The van der Waals surface area contributed by atoms with E-state index < -0.39 is 0 Å². The topological polar surface area (TPSA) is 26.3 Å². The Morgan fingerprint density at radius 1 is 1.32 bits per heavy atom. The molecule has 1 aliphatic carbocycles. The molecule has 0 N–H and O–H groups in total. The van der Waals surface area contributed by atoms with Gasteiger partial charge in [0.25, 0.3) is 0 Å². The third-order valence-electron chi connectivity index (χ3n) is 4.02. The van der Waals surface area contributed by atoms with E-state index in [2.05, 4.69) is 26.8 Å². The van der Waals surface area contributed by atoms with Crippen LogP contribution in [0.5, 0.6) is 5.75 Å². The SMILES string of the molecule is CC(C)=CCCC(C)CCOc1ccc2c(c1)C=CCC2=O. The number of hydrogen-bond donors (Lipinski definition) is 0. The first-order valence-corrected chi connectivity index (χ1v) is 8.16. The second-order valence-electron chi connectivity index (χ2n) is 6.38. The van der Waals surface area contributed by atoms with Crippen molar-refractivity contribution in [2.24, 2.45) is 5.92 Å². The summed E-state index contributed by atoms with van der Waals surface area (Å²) in [4.78, 5) is 11.8. The van der Waals surface area contributed by atoms with Gasteiger partial charge in [-0.2, -0.15) is 0 Å². The van der Waals surface area contributed by atoms with Crippen LogP contribution in [0.3, 0.4) is 0 Å². The van der Waals surface area contributed by atoms with Crippen LogP contribution >= 0.6 is 0 Å². The molecule has 0 aliphatic heterocycles. The highest BCUT2D eigenvalue weighted by molar-refractivity contribution is 6.02. The quantitative estimate of drug-likeness (QED) is 0.627. The fourth-order valence-electron chi connectivity index (χ4n) is 2.60. The number of fused-ring (bicyclic) bond motifs is 1. The van der Waals surface area contributed by atoms with E-state index in [9.17, 15) is 4.79 Å². The minimum atomic E-state index is 0.192. The zero-order valence-corrected chi connectivity index (χ0v) is 13.9. The molecule has 1 aliphatic rings. The maximum Gasteiger partial charge on any atom is 0.167 e. The Bertz CT molecular complexity index is 577. The van der Waals surface area contributed by atoms with Crippen molar-refractivity contribution < 1.29 is 9.53 Å². The molecule has 0 aromatic heterocycles. The van der Waals surface area contributed by atoms with Gasteiger partial charge in [-0.1, -0.05) is 30.7 Å². The van der Waals surface area contributed by atoms with Gasteiger partial charge in [-0.15, -0.1) is 0 Å². The summed E-state index contributed by atoms with van der Waals surface area (Å²) in [6, 6.07) is 5.76. The Labute approximate surface area is 133 Å². The molecule has 2 rings (SSSR count). The lowest BCUT2D eigenvalue weighted by atomic mass is 9.96. The van der Waals surface area contributed by atoms with Crippen LogP contribution in [0.15, 0.2) is 35.9 Å². The number of ether oxygens (including phenoxy) is 1. The predicted octanol–water partition coefficient (Wildman–Crippen LogP) is 5.44. The summed E-state index contributed by atoms with van der Waals surface area (Å²) in [5.74, 6) is 1.71. The Morgan fingerprint density at radius 2 is 2.14 bits per heavy atom. The number of hydrogen-bond acceptors (Lipinski definition) is 2. The fourth-order valence-corrected chi connectivity index (χ4v) is 2.60. The van der Waals surface area contributed by atoms with Crippen LogP contribution in [0.2, 0.25) is 0 Å². The smallest absolute Gasteiger partial charge is 0.167 e. The monoisotopic (exact) mass is 298 g/mol. The van der Waals surface area contributed by atoms with Crippen LogP contribution < -0.4 is 4.74 Å². The average molecular weight is 298 g/mol. The summed E-state index contributed by atoms with van der Waals surface area (Å²) in [7, 11) is 0. The molecular formula is C20H26O2. The number of benzene rings is 1. The van der Waals surface area contributed by atoms with Gasteiger partial charge in [0.15, 0.2) is 5.78 Å². The van der Waals surface area contributed by atoms with E-state index in [1.807, 2.05) is 30.4 Å². The molecule has 0 fully saturated rings. The van der Waals surface area contributed by atoms with Crippen LogP contribution in [0, 0.1) is 5.92 Å². The van der Waals surface area contributed by atoms with Crippen molar-refractivity contribution in [2.45, 2.75) is 46.5 Å². The van der Waals surface area contributed by atoms with Gasteiger partial charge in [-0.05, 0) is 62.8 Å². The van der Waals surface area contributed by atoms with Crippen molar-refractivity contribution in [3.8, 4) is 5.75 Å². The van der Waals surface area contributed by atoms with E-state index in [4.69, 9.17) is 4.74 Å². The van der Waals surface area contributed by atoms with Gasteiger partial charge in [-0.3, -0.25) is 4.79 Å². The van der Waals surface area contributed by atoms with Gasteiger partial charge in [0, 0.05) is 12.0 Å². The zero-order valence-electron chi connectivity index (χ0n) is 13.9. The summed E-state index contributed by atoms with van der Waals surface area (Å²) < 4.78 is 5.84. The molecule has 2 heteroatoms. The molecule has 0 radical (unpaired) electrons. The minimum absolute atomic E-state index is 0.192. The van der Waals surface area contributed by atoms with E-state index in [1.165, 1.54) is 12.0 Å². The number of ketones is 1.